The topological polar surface area (TPSA) is 64.0 Å². The quantitative estimate of drug-likeness (QED) is 0.940. The first-order chi connectivity index (χ1) is 10.4. The molecule has 0 fully saturated rings. The van der Waals surface area contributed by atoms with Gasteiger partial charge in [-0.2, -0.15) is 5.10 Å². The lowest BCUT2D eigenvalue weighted by Gasteiger charge is -2.14. The number of hydrogen-bond donors (Lipinski definition) is 1. The molecule has 5 nitrogen and oxygen atoms in total. The zero-order chi connectivity index (χ0) is 15.9. The summed E-state index contributed by atoms with van der Waals surface area (Å²) in [6, 6.07) is 6.11. The molecule has 3 rings (SSSR count). The molecule has 1 aromatic heterocycles. The summed E-state index contributed by atoms with van der Waals surface area (Å²) in [5.74, 6) is 0. The van der Waals surface area contributed by atoms with Crippen molar-refractivity contribution < 1.29 is 8.42 Å². The van der Waals surface area contributed by atoms with Crippen molar-refractivity contribution in [3.8, 4) is 0 Å². The van der Waals surface area contributed by atoms with Crippen LogP contribution >= 0.6 is 0 Å². The highest BCUT2D eigenvalue weighted by Crippen LogP contribution is 2.33. The first-order valence-electron chi connectivity index (χ1n) is 7.55. The predicted molar refractivity (Wildman–Crippen MR) is 85.1 cm³/mol. The van der Waals surface area contributed by atoms with Crippen LogP contribution in [0.4, 0.5) is 0 Å². The van der Waals surface area contributed by atoms with E-state index in [4.69, 9.17) is 0 Å². The van der Waals surface area contributed by atoms with Gasteiger partial charge in [0.15, 0.2) is 0 Å². The van der Waals surface area contributed by atoms with Gasteiger partial charge in [-0.15, -0.1) is 0 Å². The van der Waals surface area contributed by atoms with Gasteiger partial charge in [0, 0.05) is 19.3 Å². The van der Waals surface area contributed by atoms with Crippen LogP contribution in [0.1, 0.15) is 41.8 Å². The van der Waals surface area contributed by atoms with E-state index in [1.807, 2.05) is 13.8 Å². The van der Waals surface area contributed by atoms with Crippen LogP contribution in [0.15, 0.2) is 29.3 Å². The van der Waals surface area contributed by atoms with Gasteiger partial charge in [-0.1, -0.05) is 30.7 Å². The molecule has 0 bridgehead atoms. The van der Waals surface area contributed by atoms with Gasteiger partial charge in [-0.05, 0) is 37.3 Å². The van der Waals surface area contributed by atoms with Gasteiger partial charge in [-0.25, -0.2) is 13.1 Å². The first-order valence-corrected chi connectivity index (χ1v) is 9.03. The lowest BCUT2D eigenvalue weighted by atomic mass is 10.1. The van der Waals surface area contributed by atoms with Gasteiger partial charge in [0.05, 0.1) is 5.69 Å². The fourth-order valence-electron chi connectivity index (χ4n) is 3.08. The highest BCUT2D eigenvalue weighted by molar-refractivity contribution is 7.89. The third-order valence-electron chi connectivity index (χ3n) is 4.17. The maximum atomic E-state index is 12.7. The van der Waals surface area contributed by atoms with E-state index in [0.717, 1.165) is 24.0 Å². The molecule has 0 aliphatic heterocycles. The predicted octanol–water partition coefficient (Wildman–Crippen LogP) is 2.26. The van der Waals surface area contributed by atoms with Crippen molar-refractivity contribution in [3.05, 3.63) is 46.8 Å². The minimum Gasteiger partial charge on any atom is -0.274 e. The molecule has 0 radical (unpaired) electrons. The lowest BCUT2D eigenvalue weighted by molar-refractivity contribution is 0.553. The largest absolute Gasteiger partial charge is 0.274 e. The smallest absolute Gasteiger partial charge is 0.244 e. The van der Waals surface area contributed by atoms with Crippen LogP contribution in [-0.2, 0) is 29.9 Å². The SMILES string of the molecule is CCc1nn(C)cc1S(=O)(=O)NC1CCc2ccc(C)cc21. The van der Waals surface area contributed by atoms with Crippen molar-refractivity contribution in [1.82, 2.24) is 14.5 Å². The van der Waals surface area contributed by atoms with E-state index in [0.29, 0.717) is 17.0 Å². The highest BCUT2D eigenvalue weighted by Gasteiger charge is 2.29. The number of rotatable bonds is 4. The van der Waals surface area contributed by atoms with Crippen molar-refractivity contribution in [2.24, 2.45) is 7.05 Å². The van der Waals surface area contributed by atoms with Crippen molar-refractivity contribution in [2.75, 3.05) is 0 Å². The van der Waals surface area contributed by atoms with Crippen LogP contribution in [0.2, 0.25) is 0 Å². The Bertz CT molecular complexity index is 809. The summed E-state index contributed by atoms with van der Waals surface area (Å²) in [6.07, 6.45) is 3.89. The maximum absolute atomic E-state index is 12.7. The Balaban J connectivity index is 1.92. The van der Waals surface area contributed by atoms with Crippen LogP contribution in [-0.4, -0.2) is 18.2 Å². The number of aryl methyl sites for hydroxylation is 4. The molecule has 2 aromatic rings. The van der Waals surface area contributed by atoms with E-state index in [2.05, 4.69) is 28.0 Å². The molecule has 22 heavy (non-hydrogen) atoms. The van der Waals surface area contributed by atoms with Gasteiger partial charge in [0.25, 0.3) is 0 Å². The van der Waals surface area contributed by atoms with Gasteiger partial charge in [-0.3, -0.25) is 4.68 Å². The second-order valence-corrected chi connectivity index (χ2v) is 7.56. The summed E-state index contributed by atoms with van der Waals surface area (Å²) in [5.41, 5.74) is 4.10. The number of nitrogens with zero attached hydrogens (tertiary/aromatic N) is 2. The van der Waals surface area contributed by atoms with Crippen LogP contribution in [0.3, 0.4) is 0 Å². The van der Waals surface area contributed by atoms with E-state index < -0.39 is 10.0 Å². The molecular formula is C16H21N3O2S. The molecule has 1 aromatic carbocycles. The lowest BCUT2D eigenvalue weighted by Crippen LogP contribution is -2.27. The molecule has 1 unspecified atom stereocenters. The Labute approximate surface area is 131 Å². The molecule has 6 heteroatoms. The minimum atomic E-state index is -3.55. The minimum absolute atomic E-state index is 0.148. The van der Waals surface area contributed by atoms with E-state index in [-0.39, 0.29) is 6.04 Å². The second kappa shape index (κ2) is 5.52. The monoisotopic (exact) mass is 319 g/mol. The number of sulfonamides is 1. The second-order valence-electron chi connectivity index (χ2n) is 5.88. The number of fused-ring (bicyclic) bond motifs is 1. The van der Waals surface area contributed by atoms with Crippen molar-refractivity contribution in [2.45, 2.75) is 44.0 Å². The molecule has 1 N–H and O–H groups in total. The molecule has 0 spiro atoms. The van der Waals surface area contributed by atoms with Gasteiger partial charge in [0.1, 0.15) is 4.90 Å². The Hall–Kier alpha value is -1.66. The molecule has 0 saturated heterocycles. The maximum Gasteiger partial charge on any atom is 0.244 e. The molecule has 0 saturated carbocycles. The van der Waals surface area contributed by atoms with Crippen molar-refractivity contribution >= 4 is 10.0 Å². The Morgan fingerprint density at radius 3 is 2.91 bits per heavy atom. The Kier molecular flexibility index (Phi) is 3.82. The Morgan fingerprint density at radius 1 is 1.41 bits per heavy atom. The van der Waals surface area contributed by atoms with E-state index in [1.165, 1.54) is 5.56 Å². The molecule has 118 valence electrons. The van der Waals surface area contributed by atoms with Crippen molar-refractivity contribution in [1.29, 1.82) is 0 Å². The summed E-state index contributed by atoms with van der Waals surface area (Å²) >= 11 is 0. The summed E-state index contributed by atoms with van der Waals surface area (Å²) in [5, 5.41) is 4.23. The van der Waals surface area contributed by atoms with E-state index in [9.17, 15) is 8.42 Å². The third kappa shape index (κ3) is 2.68. The van der Waals surface area contributed by atoms with E-state index >= 15 is 0 Å². The number of nitrogens with one attached hydrogen (secondary N) is 1. The third-order valence-corrected chi connectivity index (χ3v) is 5.68. The van der Waals surface area contributed by atoms with Crippen LogP contribution in [0, 0.1) is 6.92 Å². The highest BCUT2D eigenvalue weighted by atomic mass is 32.2. The molecule has 1 aliphatic rings. The van der Waals surface area contributed by atoms with Gasteiger partial charge < -0.3 is 0 Å². The zero-order valence-electron chi connectivity index (χ0n) is 13.1. The fourth-order valence-corrected chi connectivity index (χ4v) is 4.61. The number of benzene rings is 1. The fraction of sp³-hybridized carbons (Fsp3) is 0.438. The van der Waals surface area contributed by atoms with Crippen LogP contribution < -0.4 is 4.72 Å². The summed E-state index contributed by atoms with van der Waals surface area (Å²) < 4.78 is 29.8. The Morgan fingerprint density at radius 2 is 2.18 bits per heavy atom. The number of aromatic nitrogens is 2. The van der Waals surface area contributed by atoms with Gasteiger partial charge >= 0.3 is 0 Å². The summed E-state index contributed by atoms with van der Waals surface area (Å²) in [7, 11) is -1.81. The normalized spacial score (nSPS) is 17.7. The molecule has 1 aliphatic carbocycles. The standard InChI is InChI=1S/C16H21N3O2S/c1-4-14-16(10-19(3)17-14)22(20,21)18-15-8-7-12-6-5-11(2)9-13(12)15/h5-6,9-10,15,18H,4,7-8H2,1-3H3. The molecular weight excluding hydrogens is 298 g/mol. The van der Waals surface area contributed by atoms with Crippen LogP contribution in [0.5, 0.6) is 0 Å². The number of hydrogen-bond acceptors (Lipinski definition) is 3. The molecule has 1 heterocycles. The van der Waals surface area contributed by atoms with E-state index in [1.54, 1.807) is 17.9 Å². The average molecular weight is 319 g/mol. The molecule has 0 amide bonds. The zero-order valence-corrected chi connectivity index (χ0v) is 13.9. The van der Waals surface area contributed by atoms with Crippen LogP contribution in [0.25, 0.3) is 0 Å². The average Bonchev–Trinajstić information content (AvgIpc) is 3.03. The summed E-state index contributed by atoms with van der Waals surface area (Å²) in [6.45, 7) is 3.94. The molecule has 1 atom stereocenters. The van der Waals surface area contributed by atoms with Gasteiger partial charge in [0.2, 0.25) is 10.0 Å². The van der Waals surface area contributed by atoms with Crippen molar-refractivity contribution in [3.63, 3.8) is 0 Å². The first kappa shape index (κ1) is 15.2. The summed E-state index contributed by atoms with van der Waals surface area (Å²) in [4.78, 5) is 0.290.